The summed E-state index contributed by atoms with van der Waals surface area (Å²) >= 11 is 0. The Morgan fingerprint density at radius 2 is 0.548 bits per heavy atom. The van der Waals surface area contributed by atoms with Crippen molar-refractivity contribution in [2.24, 2.45) is 0 Å². The molecular weight excluding hydrogens is 1570 g/mol. The molecule has 0 spiro atoms. The number of anilines is 1. The van der Waals surface area contributed by atoms with Crippen molar-refractivity contribution in [2.75, 3.05) is 44.2 Å². The van der Waals surface area contributed by atoms with E-state index in [9.17, 15) is 49.5 Å². The van der Waals surface area contributed by atoms with Gasteiger partial charge >= 0.3 is 0 Å². The molecule has 17 rings (SSSR count). The molecule has 0 saturated carbocycles. The van der Waals surface area contributed by atoms with Crippen LogP contribution in [0.2, 0.25) is 0 Å². The first-order valence-electron chi connectivity index (χ1n) is 45.9. The molecule has 6 heterocycles. The summed E-state index contributed by atoms with van der Waals surface area (Å²) in [5.74, 6) is -3.37. The molecule has 646 valence electrons. The van der Waals surface area contributed by atoms with Gasteiger partial charge in [-0.1, -0.05) is 165 Å². The van der Waals surface area contributed by atoms with E-state index in [-0.39, 0.29) is 113 Å². The zero-order chi connectivity index (χ0) is 89.8. The monoisotopic (exact) mass is 1680 g/mol. The van der Waals surface area contributed by atoms with Gasteiger partial charge in [0.05, 0.1) is 27.1 Å². The Balaban J connectivity index is 0.624. The standard InChI is InChI=1S/C110H116N6O10/c1-19-25-47-111-79-37-33-31-35-73(79)105(7,8)85(111)59-69-97(119)91(98(69)120)65-41-45-83-77(55-65)109(15,16)89(115(83)51-29-23-5)61-71-101(123)93(102(71)124)63-39-43-81-75(53-63)107(11,12)87(113(81)49-27-21-3)57-67-95(117)68(96(67)118)58-88-108(13,14)76-54-64(40-44-82(76)114(88)50-28-22-4)94-103(125)72(104(94)126)62-90-110(17,18)78-56-66(42-46-84(78)116(90)52-30-24-6)92-99(121)70(100(92)122)60-86-106(9,10)74-36-32-34-38-80(74)112(86)48-26-20-2/h31-46,53-62H,19-30,47-52H2,1-18H3. The van der Waals surface area contributed by atoms with Gasteiger partial charge < -0.3 is 30.4 Å². The first-order valence-corrected chi connectivity index (χ1v) is 45.9. The Labute approximate surface area is 741 Å². The van der Waals surface area contributed by atoms with E-state index in [4.69, 9.17) is 0 Å². The van der Waals surface area contributed by atoms with Gasteiger partial charge in [-0.3, -0.25) is 24.0 Å². The first-order chi connectivity index (χ1) is 60.0. The van der Waals surface area contributed by atoms with Gasteiger partial charge in [0.15, 0.2) is 57.5 Å². The van der Waals surface area contributed by atoms with E-state index < -0.39 is 32.5 Å². The van der Waals surface area contributed by atoms with Crippen LogP contribution in [0.15, 0.2) is 226 Å². The lowest BCUT2D eigenvalue weighted by Crippen LogP contribution is -2.35. The van der Waals surface area contributed by atoms with Gasteiger partial charge in [-0.05, 0) is 158 Å². The summed E-state index contributed by atoms with van der Waals surface area (Å²) in [4.78, 5) is 75.4. The second kappa shape index (κ2) is 31.5. The van der Waals surface area contributed by atoms with Crippen molar-refractivity contribution in [3.63, 3.8) is 0 Å². The highest BCUT2D eigenvalue weighted by atomic mass is 16.3. The average molecular weight is 1680 g/mol. The van der Waals surface area contributed by atoms with Crippen LogP contribution in [0, 0.1) is 0 Å². The smallest absolute Gasteiger partial charge is 0.209 e. The summed E-state index contributed by atoms with van der Waals surface area (Å²) in [5.41, 5.74) is 15.6. The normalized spacial score (nSPS) is 22.0. The third-order valence-corrected chi connectivity index (χ3v) is 29.2. The number of carbonyl (C=O) groups excluding carboxylic acids is 5. The highest BCUT2D eigenvalue weighted by Crippen LogP contribution is 2.55. The molecule has 0 N–H and O–H groups in total. The van der Waals surface area contributed by atoms with Crippen LogP contribution in [0.25, 0.3) is 22.3 Å². The van der Waals surface area contributed by atoms with Crippen molar-refractivity contribution in [1.82, 2.24) is 0 Å². The Kier molecular flexibility index (Phi) is 21.5. The minimum Gasteiger partial charge on any atom is -0.871 e. The molecule has 5 aliphatic carbocycles. The molecule has 16 heteroatoms. The van der Waals surface area contributed by atoms with Gasteiger partial charge in [-0.15, -0.1) is 0 Å². The van der Waals surface area contributed by atoms with E-state index in [1.807, 2.05) is 137 Å². The van der Waals surface area contributed by atoms with Crippen molar-refractivity contribution in [1.29, 1.82) is 0 Å². The number of hydrogen-bond donors (Lipinski definition) is 0. The fraction of sp³-hybridized carbons (Fsp3) is 0.382. The molecule has 126 heavy (non-hydrogen) atoms. The lowest BCUT2D eigenvalue weighted by Gasteiger charge is -2.33. The minimum atomic E-state index is -0.800. The van der Waals surface area contributed by atoms with E-state index in [1.165, 1.54) is 0 Å². The molecule has 0 radical (unpaired) electrons. The number of benzene rings is 6. The molecule has 0 saturated heterocycles. The zero-order valence-corrected chi connectivity index (χ0v) is 76.5. The van der Waals surface area contributed by atoms with E-state index in [0.717, 1.165) is 192 Å². The number of allylic oxidation sites excluding steroid dienone is 17. The van der Waals surface area contributed by atoms with E-state index >= 15 is 0 Å². The maximum absolute atomic E-state index is 14.9. The molecule has 6 aromatic carbocycles. The van der Waals surface area contributed by atoms with E-state index in [0.29, 0.717) is 48.4 Å². The largest absolute Gasteiger partial charge is 0.871 e. The third kappa shape index (κ3) is 13.0. The Bertz CT molecular complexity index is 6480. The zero-order valence-electron chi connectivity index (χ0n) is 76.5. The van der Waals surface area contributed by atoms with Crippen LogP contribution < -0.4 is 30.4 Å². The van der Waals surface area contributed by atoms with Crippen LogP contribution in [0.5, 0.6) is 0 Å². The first kappa shape index (κ1) is 86.1. The number of carbonyl (C=O) groups is 5. The summed E-state index contributed by atoms with van der Waals surface area (Å²) in [6, 6.07) is 39.5. The lowest BCUT2D eigenvalue weighted by atomic mass is 9.74. The predicted molar refractivity (Wildman–Crippen MR) is 491 cm³/mol. The molecular formula is C110H116N6O10. The van der Waals surface area contributed by atoms with Gasteiger partial charge in [0.1, 0.15) is 32.7 Å². The van der Waals surface area contributed by atoms with Gasteiger partial charge in [0, 0.05) is 200 Å². The molecule has 0 atom stereocenters. The fourth-order valence-electron chi connectivity index (χ4n) is 21.5. The number of para-hydroxylation sites is 2. The molecule has 0 unspecified atom stereocenters. The van der Waals surface area contributed by atoms with Gasteiger partial charge in [0.2, 0.25) is 28.4 Å². The lowest BCUT2D eigenvalue weighted by molar-refractivity contribution is -0.438. The van der Waals surface area contributed by atoms with Crippen molar-refractivity contribution in [3.05, 3.63) is 281 Å². The molecule has 0 bridgehead atoms. The average Bonchev–Trinajstić information content (AvgIpc) is 1.53. The SMILES string of the molecule is CCCCN1/C(=C/C2=C([O-])C(=C\C3=[N+](CCCC)c4ccc(C5=C([O-])/C(=C\C6=[N+](CCCC)c7ccc(C8=C([O-])/C(=C/C9=[N+](CCCC)c%10ccccc%10C9(C)C)C8=O)cc7C6(C)C)C5=O)cc4C3(C)C)/C2=O)C(C)(C)c2cc(C3=C([O-])/C(=C\C4=[N+](CCCC)c5ccc(C6=C([O-])/C(=C\C7=[N+](CCCC)c8ccccc8C7(C)C)C6=O)cc5C4(C)C)C3=O)ccc21. The third-order valence-electron chi connectivity index (χ3n) is 29.2. The molecule has 0 fully saturated rings. The second-order valence-corrected chi connectivity index (χ2v) is 39.2. The number of unbranched alkanes of at least 4 members (excludes halogenated alkanes) is 6. The summed E-state index contributed by atoms with van der Waals surface area (Å²) in [6.07, 6.45) is 21.3. The van der Waals surface area contributed by atoms with Gasteiger partial charge in [-0.25, -0.2) is 0 Å². The van der Waals surface area contributed by atoms with Crippen molar-refractivity contribution < 1.29 is 72.4 Å². The van der Waals surface area contributed by atoms with Crippen LogP contribution in [0.3, 0.4) is 0 Å². The Hall–Kier alpha value is -12.0. The van der Waals surface area contributed by atoms with Crippen molar-refractivity contribution >= 4 is 114 Å². The number of nitrogens with zero attached hydrogens (tertiary/aromatic N) is 6. The fourth-order valence-corrected chi connectivity index (χ4v) is 21.5. The maximum atomic E-state index is 14.9. The molecule has 11 aliphatic rings. The minimum absolute atomic E-state index is 0.0619. The molecule has 0 aromatic heterocycles. The summed E-state index contributed by atoms with van der Waals surface area (Å²) < 4.78 is 11.0. The molecule has 6 aromatic rings. The summed E-state index contributed by atoms with van der Waals surface area (Å²) in [6.45, 7) is 41.7. The van der Waals surface area contributed by atoms with Crippen LogP contribution in [0.4, 0.5) is 34.1 Å². The van der Waals surface area contributed by atoms with Crippen LogP contribution in [-0.4, -0.2) is 120 Å². The Morgan fingerprint density at radius 1 is 0.286 bits per heavy atom. The van der Waals surface area contributed by atoms with Gasteiger partial charge in [-0.2, -0.15) is 22.9 Å². The van der Waals surface area contributed by atoms with Crippen molar-refractivity contribution in [2.45, 2.75) is 234 Å². The van der Waals surface area contributed by atoms with Crippen molar-refractivity contribution in [3.8, 4) is 0 Å². The van der Waals surface area contributed by atoms with Gasteiger partial charge in [0.25, 0.3) is 0 Å². The number of Topliss-reactive ketones (excluding diaryl/α,β-unsaturated/α-hetero) is 5. The summed E-state index contributed by atoms with van der Waals surface area (Å²) in [5, 5.41) is 73.3. The number of ketones is 5. The highest BCUT2D eigenvalue weighted by Gasteiger charge is 2.54. The van der Waals surface area contributed by atoms with Crippen LogP contribution in [-0.2, 0) is 56.5 Å². The highest BCUT2D eigenvalue weighted by molar-refractivity contribution is 6.43. The summed E-state index contributed by atoms with van der Waals surface area (Å²) in [7, 11) is 0. The van der Waals surface area contributed by atoms with Crippen LogP contribution >= 0.6 is 0 Å². The predicted octanol–water partition coefficient (Wildman–Crippen LogP) is 16.3. The second-order valence-electron chi connectivity index (χ2n) is 39.2. The quantitative estimate of drug-likeness (QED) is 0.0332. The molecule has 16 nitrogen and oxygen atoms in total. The van der Waals surface area contributed by atoms with Crippen LogP contribution in [0.1, 0.15) is 257 Å². The molecule has 6 aliphatic heterocycles. The Morgan fingerprint density at radius 3 is 0.833 bits per heavy atom. The molecule has 0 amide bonds. The maximum Gasteiger partial charge on any atom is 0.209 e. The van der Waals surface area contributed by atoms with E-state index in [2.05, 4.69) is 149 Å². The number of fused-ring (bicyclic) bond motifs is 6. The topological polar surface area (TPSA) is 219 Å². The number of hydrogen-bond acceptors (Lipinski definition) is 11. The number of rotatable bonds is 28. The van der Waals surface area contributed by atoms with E-state index in [1.54, 1.807) is 24.3 Å².